The molecule has 0 bridgehead atoms. The van der Waals surface area contributed by atoms with E-state index < -0.39 is 0 Å². The van der Waals surface area contributed by atoms with Gasteiger partial charge in [-0.15, -0.1) is 0 Å². The third kappa shape index (κ3) is 2.57. The Kier molecular flexibility index (Phi) is 4.12. The fraction of sp³-hybridized carbons (Fsp3) is 0.364. The molecule has 1 aromatic rings. The largest absolute Gasteiger partial charge is 0.298 e. The van der Waals surface area contributed by atoms with Gasteiger partial charge in [0.25, 0.3) is 0 Å². The second kappa shape index (κ2) is 5.14. The maximum atomic E-state index is 8.97. The number of rotatable bonds is 3. The summed E-state index contributed by atoms with van der Waals surface area (Å²) in [5.74, 6) is 0. The summed E-state index contributed by atoms with van der Waals surface area (Å²) in [4.78, 5) is 0. The third-order valence-electron chi connectivity index (χ3n) is 2.00. The molecule has 0 heterocycles. The maximum absolute atomic E-state index is 8.97. The Morgan fingerprint density at radius 1 is 1.57 bits per heavy atom. The summed E-state index contributed by atoms with van der Waals surface area (Å²) in [6, 6.07) is 8.03. The molecule has 1 atom stereocenters. The number of aryl methyl sites for hydroxylation is 1. The lowest BCUT2D eigenvalue weighted by atomic mass is 10.1. The van der Waals surface area contributed by atoms with Crippen LogP contribution >= 0.6 is 15.9 Å². The van der Waals surface area contributed by atoms with E-state index in [0.29, 0.717) is 0 Å². The highest BCUT2D eigenvalue weighted by molar-refractivity contribution is 9.10. The van der Waals surface area contributed by atoms with Crippen LogP contribution in [-0.2, 0) is 0 Å². The van der Waals surface area contributed by atoms with Crippen LogP contribution in [-0.4, -0.2) is 6.54 Å². The van der Waals surface area contributed by atoms with Crippen LogP contribution in [0.2, 0.25) is 0 Å². The van der Waals surface area contributed by atoms with E-state index in [1.165, 1.54) is 5.56 Å². The van der Waals surface area contributed by atoms with Crippen LogP contribution in [0.3, 0.4) is 0 Å². The molecule has 74 valence electrons. The Morgan fingerprint density at radius 3 is 2.79 bits per heavy atom. The molecule has 0 spiro atoms. The zero-order chi connectivity index (χ0) is 10.6. The maximum Gasteiger partial charge on any atom is 0.122 e. The molecule has 3 heteroatoms. The standard InChI is InChI=1S/C11H13BrN2/c1-3-14-11(7-13)9-5-4-8(2)6-10(9)12/h4-6,11,14H,3H2,1-2H3. The molecular formula is C11H13BrN2. The number of hydrogen-bond acceptors (Lipinski definition) is 2. The Labute approximate surface area is 93.1 Å². The van der Waals surface area contributed by atoms with Crippen LogP contribution in [0.1, 0.15) is 24.1 Å². The Hall–Kier alpha value is -0.850. The van der Waals surface area contributed by atoms with Crippen molar-refractivity contribution in [3.8, 4) is 6.07 Å². The van der Waals surface area contributed by atoms with Crippen molar-refractivity contribution in [2.24, 2.45) is 0 Å². The molecule has 0 aromatic heterocycles. The van der Waals surface area contributed by atoms with Gasteiger partial charge in [-0.25, -0.2) is 0 Å². The van der Waals surface area contributed by atoms with Crippen molar-refractivity contribution in [3.05, 3.63) is 33.8 Å². The van der Waals surface area contributed by atoms with Gasteiger partial charge in [-0.3, -0.25) is 5.32 Å². The third-order valence-corrected chi connectivity index (χ3v) is 2.69. The number of halogens is 1. The summed E-state index contributed by atoms with van der Waals surface area (Å²) >= 11 is 3.47. The minimum Gasteiger partial charge on any atom is -0.298 e. The van der Waals surface area contributed by atoms with E-state index in [1.807, 2.05) is 32.0 Å². The normalized spacial score (nSPS) is 12.1. The van der Waals surface area contributed by atoms with Crippen LogP contribution in [0.5, 0.6) is 0 Å². The summed E-state index contributed by atoms with van der Waals surface area (Å²) in [5, 5.41) is 12.1. The molecule has 0 saturated carbocycles. The molecule has 14 heavy (non-hydrogen) atoms. The van der Waals surface area contributed by atoms with Crippen LogP contribution < -0.4 is 5.32 Å². The van der Waals surface area contributed by atoms with Gasteiger partial charge < -0.3 is 0 Å². The predicted octanol–water partition coefficient (Wildman–Crippen LogP) is 2.93. The molecule has 0 aliphatic carbocycles. The van der Waals surface area contributed by atoms with Gasteiger partial charge in [0.1, 0.15) is 6.04 Å². The van der Waals surface area contributed by atoms with Gasteiger partial charge in [0, 0.05) is 4.47 Å². The van der Waals surface area contributed by atoms with E-state index in [9.17, 15) is 0 Å². The number of nitrogens with one attached hydrogen (secondary N) is 1. The molecule has 1 unspecified atom stereocenters. The molecule has 0 fully saturated rings. The first-order valence-corrected chi connectivity index (χ1v) is 5.37. The molecule has 0 aliphatic rings. The predicted molar refractivity (Wildman–Crippen MR) is 60.9 cm³/mol. The van der Waals surface area contributed by atoms with E-state index in [-0.39, 0.29) is 6.04 Å². The number of nitrogens with zero attached hydrogens (tertiary/aromatic N) is 1. The number of nitriles is 1. The molecular weight excluding hydrogens is 240 g/mol. The molecule has 0 amide bonds. The molecule has 0 radical (unpaired) electrons. The smallest absolute Gasteiger partial charge is 0.122 e. The van der Waals surface area contributed by atoms with Crippen LogP contribution in [0.25, 0.3) is 0 Å². The van der Waals surface area contributed by atoms with Crippen LogP contribution in [0, 0.1) is 18.3 Å². The Balaban J connectivity index is 3.00. The van der Waals surface area contributed by atoms with Crippen molar-refractivity contribution >= 4 is 15.9 Å². The molecule has 2 nitrogen and oxygen atoms in total. The monoisotopic (exact) mass is 252 g/mol. The van der Waals surface area contributed by atoms with Crippen molar-refractivity contribution in [2.45, 2.75) is 19.9 Å². The average molecular weight is 253 g/mol. The van der Waals surface area contributed by atoms with Gasteiger partial charge in [0.15, 0.2) is 0 Å². The summed E-state index contributed by atoms with van der Waals surface area (Å²) in [5.41, 5.74) is 2.19. The highest BCUT2D eigenvalue weighted by atomic mass is 79.9. The van der Waals surface area contributed by atoms with Gasteiger partial charge in [0.2, 0.25) is 0 Å². The van der Waals surface area contributed by atoms with Gasteiger partial charge in [0.05, 0.1) is 6.07 Å². The fourth-order valence-electron chi connectivity index (χ4n) is 1.30. The van der Waals surface area contributed by atoms with E-state index in [1.54, 1.807) is 0 Å². The molecule has 1 N–H and O–H groups in total. The molecule has 1 rings (SSSR count). The lowest BCUT2D eigenvalue weighted by Crippen LogP contribution is -2.19. The van der Waals surface area contributed by atoms with Crippen LogP contribution in [0.15, 0.2) is 22.7 Å². The quantitative estimate of drug-likeness (QED) is 0.898. The first-order chi connectivity index (χ1) is 6.69. The van der Waals surface area contributed by atoms with E-state index >= 15 is 0 Å². The zero-order valence-corrected chi connectivity index (χ0v) is 9.93. The summed E-state index contributed by atoms with van der Waals surface area (Å²) in [7, 11) is 0. The van der Waals surface area contributed by atoms with E-state index in [0.717, 1.165) is 16.6 Å². The second-order valence-corrected chi connectivity index (χ2v) is 4.00. The van der Waals surface area contributed by atoms with Gasteiger partial charge >= 0.3 is 0 Å². The topological polar surface area (TPSA) is 35.8 Å². The zero-order valence-electron chi connectivity index (χ0n) is 8.34. The minimum absolute atomic E-state index is 0.227. The first-order valence-electron chi connectivity index (χ1n) is 4.58. The van der Waals surface area contributed by atoms with Crippen molar-refractivity contribution in [1.29, 1.82) is 5.26 Å². The summed E-state index contributed by atoms with van der Waals surface area (Å²) in [6.45, 7) is 4.81. The SMILES string of the molecule is CCNC(C#N)c1ccc(C)cc1Br. The first kappa shape index (κ1) is 11.2. The average Bonchev–Trinajstić information content (AvgIpc) is 2.15. The Morgan fingerprint density at radius 2 is 2.29 bits per heavy atom. The highest BCUT2D eigenvalue weighted by Gasteiger charge is 2.11. The molecule has 0 saturated heterocycles. The van der Waals surface area contributed by atoms with Gasteiger partial charge in [-0.1, -0.05) is 35.0 Å². The van der Waals surface area contributed by atoms with Crippen LogP contribution in [0.4, 0.5) is 0 Å². The van der Waals surface area contributed by atoms with Crippen molar-refractivity contribution in [3.63, 3.8) is 0 Å². The highest BCUT2D eigenvalue weighted by Crippen LogP contribution is 2.24. The minimum atomic E-state index is -0.227. The second-order valence-electron chi connectivity index (χ2n) is 3.14. The fourth-order valence-corrected chi connectivity index (χ4v) is 2.02. The lowest BCUT2D eigenvalue weighted by Gasteiger charge is -2.12. The summed E-state index contributed by atoms with van der Waals surface area (Å²) < 4.78 is 0.991. The lowest BCUT2D eigenvalue weighted by molar-refractivity contribution is 0.656. The van der Waals surface area contributed by atoms with Crippen molar-refractivity contribution in [1.82, 2.24) is 5.32 Å². The summed E-state index contributed by atoms with van der Waals surface area (Å²) in [6.07, 6.45) is 0. The van der Waals surface area contributed by atoms with Crippen molar-refractivity contribution in [2.75, 3.05) is 6.54 Å². The van der Waals surface area contributed by atoms with Crippen molar-refractivity contribution < 1.29 is 0 Å². The number of hydrogen-bond donors (Lipinski definition) is 1. The van der Waals surface area contributed by atoms with Gasteiger partial charge in [-0.2, -0.15) is 5.26 Å². The Bertz CT molecular complexity index is 355. The number of benzene rings is 1. The molecule has 0 aliphatic heterocycles. The van der Waals surface area contributed by atoms with E-state index in [4.69, 9.17) is 5.26 Å². The molecule has 1 aromatic carbocycles. The van der Waals surface area contributed by atoms with E-state index in [2.05, 4.69) is 27.3 Å². The van der Waals surface area contributed by atoms with Gasteiger partial charge in [-0.05, 0) is 30.7 Å².